The van der Waals surface area contributed by atoms with Gasteiger partial charge in [-0.2, -0.15) is 0 Å². The summed E-state index contributed by atoms with van der Waals surface area (Å²) in [5.41, 5.74) is 2.89. The molecule has 0 bridgehead atoms. The fourth-order valence-corrected chi connectivity index (χ4v) is 2.01. The van der Waals surface area contributed by atoms with Crippen LogP contribution in [0.15, 0.2) is 18.2 Å². The molecule has 0 aromatic heterocycles. The molecule has 0 heterocycles. The Morgan fingerprint density at radius 2 is 1.56 bits per heavy atom. The van der Waals surface area contributed by atoms with Crippen molar-refractivity contribution in [2.24, 2.45) is 0 Å². The normalized spacial score (nSPS) is 11.8. The molecular weight excluding hydrogens is 227 g/mol. The van der Waals surface area contributed by atoms with E-state index in [1.165, 1.54) is 6.92 Å². The van der Waals surface area contributed by atoms with Crippen LogP contribution in [0.3, 0.4) is 0 Å². The van der Waals surface area contributed by atoms with Crippen LogP contribution in [0.1, 0.15) is 63.1 Å². The van der Waals surface area contributed by atoms with E-state index in [-0.39, 0.29) is 23.4 Å². The molecule has 0 saturated carbocycles. The fourth-order valence-electron chi connectivity index (χ4n) is 2.01. The van der Waals surface area contributed by atoms with Gasteiger partial charge in [0.05, 0.1) is 0 Å². The molecule has 18 heavy (non-hydrogen) atoms. The summed E-state index contributed by atoms with van der Waals surface area (Å²) < 4.78 is 13.6. The molecule has 0 saturated heterocycles. The molecule has 0 unspecified atom stereocenters. The molecule has 2 heteroatoms. The number of ketones is 1. The summed E-state index contributed by atoms with van der Waals surface area (Å²) in [7, 11) is 0. The monoisotopic (exact) mass is 248 g/mol. The number of hydrogen-bond acceptors (Lipinski definition) is 1. The van der Waals surface area contributed by atoms with Crippen LogP contribution in [0.2, 0.25) is 0 Å². The highest BCUT2D eigenvalue weighted by atomic mass is 19.1. The van der Waals surface area contributed by atoms with Gasteiger partial charge in [0, 0.05) is 0 Å². The summed E-state index contributed by atoms with van der Waals surface area (Å²) >= 11 is 0. The predicted octanol–water partition coefficient (Wildman–Crippen LogP) is 4.67. The number of carbonyl (C=O) groups excluding carboxylic acids is 1. The Morgan fingerprint density at radius 1 is 1.11 bits per heavy atom. The van der Waals surface area contributed by atoms with Crippen LogP contribution >= 0.6 is 0 Å². The lowest BCUT2D eigenvalue weighted by Crippen LogP contribution is -2.01. The van der Waals surface area contributed by atoms with E-state index in [9.17, 15) is 9.18 Å². The van der Waals surface area contributed by atoms with Crippen molar-refractivity contribution < 1.29 is 9.18 Å². The SMILES string of the molecule is CC(=O)/C=C/c1c(C(C)C)cc(F)cc1C(C)C. The Balaban J connectivity index is 3.45. The second-order valence-corrected chi connectivity index (χ2v) is 5.25. The zero-order valence-corrected chi connectivity index (χ0v) is 11.8. The second-order valence-electron chi connectivity index (χ2n) is 5.25. The molecule has 0 N–H and O–H groups in total. The molecule has 1 aromatic carbocycles. The molecule has 1 nitrogen and oxygen atoms in total. The van der Waals surface area contributed by atoms with Crippen LogP contribution in [0.5, 0.6) is 0 Å². The lowest BCUT2D eigenvalue weighted by molar-refractivity contribution is -0.112. The van der Waals surface area contributed by atoms with Crippen molar-refractivity contribution in [1.29, 1.82) is 0 Å². The lowest BCUT2D eigenvalue weighted by atomic mass is 9.88. The van der Waals surface area contributed by atoms with Gasteiger partial charge >= 0.3 is 0 Å². The average molecular weight is 248 g/mol. The second kappa shape index (κ2) is 5.94. The third-order valence-electron chi connectivity index (χ3n) is 2.94. The number of allylic oxidation sites excluding steroid dienone is 1. The topological polar surface area (TPSA) is 17.1 Å². The lowest BCUT2D eigenvalue weighted by Gasteiger charge is -2.17. The first kappa shape index (κ1) is 14.6. The van der Waals surface area contributed by atoms with Gasteiger partial charge in [-0.25, -0.2) is 4.39 Å². The average Bonchev–Trinajstić information content (AvgIpc) is 2.25. The van der Waals surface area contributed by atoms with E-state index in [1.54, 1.807) is 18.2 Å². The van der Waals surface area contributed by atoms with Crippen LogP contribution in [-0.4, -0.2) is 5.78 Å². The smallest absolute Gasteiger partial charge is 0.152 e. The van der Waals surface area contributed by atoms with Crippen LogP contribution in [-0.2, 0) is 4.79 Å². The highest BCUT2D eigenvalue weighted by Crippen LogP contribution is 2.30. The van der Waals surface area contributed by atoms with Gasteiger partial charge in [0.2, 0.25) is 0 Å². The summed E-state index contributed by atoms with van der Waals surface area (Å²) in [4.78, 5) is 11.1. The van der Waals surface area contributed by atoms with E-state index in [4.69, 9.17) is 0 Å². The highest BCUT2D eigenvalue weighted by Gasteiger charge is 2.14. The Bertz CT molecular complexity index is 441. The molecule has 0 radical (unpaired) electrons. The number of halogens is 1. The van der Waals surface area contributed by atoms with Gasteiger partial charge in [0.15, 0.2) is 5.78 Å². The minimum Gasteiger partial charge on any atom is -0.295 e. The van der Waals surface area contributed by atoms with Crippen molar-refractivity contribution in [3.8, 4) is 0 Å². The zero-order chi connectivity index (χ0) is 13.9. The highest BCUT2D eigenvalue weighted by molar-refractivity contribution is 5.92. The Hall–Kier alpha value is -1.44. The van der Waals surface area contributed by atoms with Crippen molar-refractivity contribution >= 4 is 11.9 Å². The molecule has 1 aromatic rings. The Kier molecular flexibility index (Phi) is 4.83. The third kappa shape index (κ3) is 3.52. The number of hydrogen-bond donors (Lipinski definition) is 0. The molecule has 0 aliphatic carbocycles. The van der Waals surface area contributed by atoms with Crippen molar-refractivity contribution in [2.45, 2.75) is 46.5 Å². The Labute approximate surface area is 109 Å². The quantitative estimate of drug-likeness (QED) is 0.707. The van der Waals surface area contributed by atoms with E-state index in [1.807, 2.05) is 33.8 Å². The van der Waals surface area contributed by atoms with E-state index in [2.05, 4.69) is 0 Å². The van der Waals surface area contributed by atoms with Crippen molar-refractivity contribution in [2.75, 3.05) is 0 Å². The van der Waals surface area contributed by atoms with E-state index >= 15 is 0 Å². The van der Waals surface area contributed by atoms with Gasteiger partial charge in [-0.05, 0) is 53.7 Å². The maximum absolute atomic E-state index is 13.6. The summed E-state index contributed by atoms with van der Waals surface area (Å²) in [6, 6.07) is 3.13. The number of benzene rings is 1. The maximum Gasteiger partial charge on any atom is 0.152 e. The molecule has 0 spiro atoms. The first-order valence-electron chi connectivity index (χ1n) is 6.35. The van der Waals surface area contributed by atoms with Crippen molar-refractivity contribution in [3.63, 3.8) is 0 Å². The maximum atomic E-state index is 13.6. The summed E-state index contributed by atoms with van der Waals surface area (Å²) in [6.07, 6.45) is 3.36. The van der Waals surface area contributed by atoms with Gasteiger partial charge in [-0.1, -0.05) is 33.8 Å². The van der Waals surface area contributed by atoms with Crippen LogP contribution in [0.4, 0.5) is 4.39 Å². The molecule has 98 valence electrons. The fraction of sp³-hybridized carbons (Fsp3) is 0.438. The van der Waals surface area contributed by atoms with Gasteiger partial charge in [-0.15, -0.1) is 0 Å². The predicted molar refractivity (Wildman–Crippen MR) is 74.3 cm³/mol. The molecule has 0 atom stereocenters. The van der Waals surface area contributed by atoms with Gasteiger partial charge in [0.1, 0.15) is 5.82 Å². The van der Waals surface area contributed by atoms with E-state index < -0.39 is 0 Å². The van der Waals surface area contributed by atoms with Crippen LogP contribution in [0, 0.1) is 5.82 Å². The number of carbonyl (C=O) groups is 1. The Morgan fingerprint density at radius 3 is 1.89 bits per heavy atom. The van der Waals surface area contributed by atoms with E-state index in [0.29, 0.717) is 0 Å². The molecule has 1 rings (SSSR count). The van der Waals surface area contributed by atoms with Crippen LogP contribution in [0.25, 0.3) is 6.08 Å². The summed E-state index contributed by atoms with van der Waals surface area (Å²) in [5, 5.41) is 0. The summed E-state index contributed by atoms with van der Waals surface area (Å²) in [5.74, 6) is 0.251. The van der Waals surface area contributed by atoms with Crippen LogP contribution < -0.4 is 0 Å². The standard InChI is InChI=1S/C16H21FO/c1-10(2)15-8-13(17)9-16(11(3)4)14(15)7-6-12(5)18/h6-11H,1-5H3/b7-6+. The minimum absolute atomic E-state index is 0.00346. The van der Waals surface area contributed by atoms with Crippen molar-refractivity contribution in [3.05, 3.63) is 40.7 Å². The molecule has 0 fully saturated rings. The van der Waals surface area contributed by atoms with Gasteiger partial charge in [-0.3, -0.25) is 4.79 Å². The van der Waals surface area contributed by atoms with E-state index in [0.717, 1.165) is 16.7 Å². The molecule has 0 amide bonds. The van der Waals surface area contributed by atoms with Gasteiger partial charge in [0.25, 0.3) is 0 Å². The summed E-state index contributed by atoms with van der Waals surface area (Å²) in [6.45, 7) is 9.64. The molecule has 0 aliphatic heterocycles. The molecular formula is C16H21FO. The first-order chi connectivity index (χ1) is 8.32. The zero-order valence-electron chi connectivity index (χ0n) is 11.8. The minimum atomic E-state index is -0.206. The third-order valence-corrected chi connectivity index (χ3v) is 2.94. The number of rotatable bonds is 4. The van der Waals surface area contributed by atoms with Crippen molar-refractivity contribution in [1.82, 2.24) is 0 Å². The largest absolute Gasteiger partial charge is 0.295 e. The first-order valence-corrected chi connectivity index (χ1v) is 6.35. The van der Waals surface area contributed by atoms with Gasteiger partial charge < -0.3 is 0 Å². The molecule has 0 aliphatic rings.